The summed E-state index contributed by atoms with van der Waals surface area (Å²) in [7, 11) is 0. The molecule has 0 spiro atoms. The van der Waals surface area contributed by atoms with Gasteiger partial charge >= 0.3 is 17.9 Å². The van der Waals surface area contributed by atoms with Crippen molar-refractivity contribution in [3.05, 3.63) is 24.3 Å². The molecule has 58 heavy (non-hydrogen) atoms. The van der Waals surface area contributed by atoms with Gasteiger partial charge in [0.05, 0.1) is 0 Å². The molecule has 0 heterocycles. The van der Waals surface area contributed by atoms with E-state index in [-0.39, 0.29) is 31.1 Å². The Balaban J connectivity index is 4.09. The minimum Gasteiger partial charge on any atom is -0.462 e. The normalized spacial score (nSPS) is 12.1. The number of esters is 3. The van der Waals surface area contributed by atoms with Gasteiger partial charge in [-0.2, -0.15) is 0 Å². The number of unbranched alkanes of at least 4 members (excludes halogenated alkanes) is 31. The van der Waals surface area contributed by atoms with Crippen LogP contribution in [0.2, 0.25) is 0 Å². The molecule has 6 heteroatoms. The Morgan fingerprint density at radius 1 is 0.345 bits per heavy atom. The average molecular weight is 817 g/mol. The molecule has 340 valence electrons. The first-order valence-electron chi connectivity index (χ1n) is 25.3. The smallest absolute Gasteiger partial charge is 0.306 e. The Morgan fingerprint density at radius 3 is 0.948 bits per heavy atom. The van der Waals surface area contributed by atoms with E-state index in [2.05, 4.69) is 45.1 Å². The van der Waals surface area contributed by atoms with Crippen LogP contribution in [0.3, 0.4) is 0 Å². The number of carbonyl (C=O) groups is 3. The lowest BCUT2D eigenvalue weighted by Crippen LogP contribution is -2.30. The predicted molar refractivity (Wildman–Crippen MR) is 247 cm³/mol. The van der Waals surface area contributed by atoms with Gasteiger partial charge in [-0.15, -0.1) is 0 Å². The van der Waals surface area contributed by atoms with Crippen LogP contribution >= 0.6 is 0 Å². The number of hydrogen-bond donors (Lipinski definition) is 0. The lowest BCUT2D eigenvalue weighted by Gasteiger charge is -2.18. The quantitative estimate of drug-likeness (QED) is 0.0263. The van der Waals surface area contributed by atoms with E-state index < -0.39 is 6.10 Å². The fraction of sp³-hybridized carbons (Fsp3) is 0.865. The number of hydrogen-bond acceptors (Lipinski definition) is 6. The molecule has 0 aromatic heterocycles. The lowest BCUT2D eigenvalue weighted by molar-refractivity contribution is -0.167. The highest BCUT2D eigenvalue weighted by molar-refractivity contribution is 5.71. The van der Waals surface area contributed by atoms with Crippen LogP contribution in [0.25, 0.3) is 0 Å². The molecular formula is C52H96O6. The molecule has 1 atom stereocenters. The second kappa shape index (κ2) is 47.6. The SMILES string of the molecule is CCCCCCC/C=C\C/C=C\CCCCCCCCCCCCCC(=O)OCC(COC(=O)CCCCCCCC)OC(=O)CCCCCCCCCCCCC. The van der Waals surface area contributed by atoms with Gasteiger partial charge in [0.25, 0.3) is 0 Å². The fourth-order valence-electron chi connectivity index (χ4n) is 7.36. The minimum atomic E-state index is -0.762. The molecular weight excluding hydrogens is 721 g/mol. The van der Waals surface area contributed by atoms with Gasteiger partial charge in [-0.25, -0.2) is 0 Å². The Bertz CT molecular complexity index is 942. The third kappa shape index (κ3) is 45.0. The van der Waals surface area contributed by atoms with Crippen molar-refractivity contribution in [2.24, 2.45) is 0 Å². The van der Waals surface area contributed by atoms with E-state index in [1.165, 1.54) is 167 Å². The maximum Gasteiger partial charge on any atom is 0.306 e. The van der Waals surface area contributed by atoms with Crippen molar-refractivity contribution in [3.8, 4) is 0 Å². The van der Waals surface area contributed by atoms with Crippen LogP contribution in [-0.2, 0) is 28.6 Å². The third-order valence-corrected chi connectivity index (χ3v) is 11.2. The van der Waals surface area contributed by atoms with Crippen molar-refractivity contribution in [2.75, 3.05) is 13.2 Å². The summed E-state index contributed by atoms with van der Waals surface area (Å²) >= 11 is 0. The summed E-state index contributed by atoms with van der Waals surface area (Å²) in [5.74, 6) is -0.871. The molecule has 0 aliphatic rings. The summed E-state index contributed by atoms with van der Waals surface area (Å²) in [5.41, 5.74) is 0. The standard InChI is InChI=1S/C52H96O6/c1-4-7-10-13-16-18-20-21-22-23-24-25-26-27-28-29-30-31-33-34-36-39-42-45-51(54)57-48-49(47-56-50(53)44-41-38-15-12-9-6-3)58-52(55)46-43-40-37-35-32-19-17-14-11-8-5-2/h20-21,23-24,49H,4-19,22,25-48H2,1-3H3/b21-20-,24-23-. The van der Waals surface area contributed by atoms with Gasteiger partial charge in [0.1, 0.15) is 13.2 Å². The molecule has 0 radical (unpaired) electrons. The van der Waals surface area contributed by atoms with Crippen LogP contribution in [-0.4, -0.2) is 37.2 Å². The molecule has 0 amide bonds. The summed E-state index contributed by atoms with van der Waals surface area (Å²) in [6, 6.07) is 0. The Hall–Kier alpha value is -2.11. The molecule has 0 aromatic rings. The third-order valence-electron chi connectivity index (χ3n) is 11.2. The molecule has 0 N–H and O–H groups in total. The molecule has 1 unspecified atom stereocenters. The Morgan fingerprint density at radius 2 is 0.621 bits per heavy atom. The van der Waals surface area contributed by atoms with Crippen molar-refractivity contribution in [1.29, 1.82) is 0 Å². The largest absolute Gasteiger partial charge is 0.462 e. The maximum atomic E-state index is 12.7. The highest BCUT2D eigenvalue weighted by Crippen LogP contribution is 2.15. The van der Waals surface area contributed by atoms with Gasteiger partial charge < -0.3 is 14.2 Å². The highest BCUT2D eigenvalue weighted by Gasteiger charge is 2.19. The predicted octanol–water partition coefficient (Wildman–Crippen LogP) is 16.4. The van der Waals surface area contributed by atoms with Crippen LogP contribution in [0.1, 0.15) is 271 Å². The van der Waals surface area contributed by atoms with E-state index >= 15 is 0 Å². The first kappa shape index (κ1) is 55.9. The van der Waals surface area contributed by atoms with Crippen molar-refractivity contribution in [3.63, 3.8) is 0 Å². The van der Waals surface area contributed by atoms with E-state index in [0.29, 0.717) is 19.3 Å². The first-order valence-corrected chi connectivity index (χ1v) is 25.3. The van der Waals surface area contributed by atoms with Crippen LogP contribution in [0.5, 0.6) is 0 Å². The fourth-order valence-corrected chi connectivity index (χ4v) is 7.36. The van der Waals surface area contributed by atoms with Crippen LogP contribution in [0.4, 0.5) is 0 Å². The zero-order valence-corrected chi connectivity index (χ0v) is 38.8. The van der Waals surface area contributed by atoms with E-state index in [9.17, 15) is 14.4 Å². The first-order chi connectivity index (χ1) is 28.5. The zero-order valence-electron chi connectivity index (χ0n) is 38.8. The van der Waals surface area contributed by atoms with E-state index in [1.807, 2.05) is 0 Å². The number of allylic oxidation sites excluding steroid dienone is 4. The molecule has 0 rings (SSSR count). The molecule has 0 aliphatic carbocycles. The average Bonchev–Trinajstić information content (AvgIpc) is 3.22. The monoisotopic (exact) mass is 817 g/mol. The molecule has 0 bridgehead atoms. The number of ether oxygens (including phenoxy) is 3. The summed E-state index contributed by atoms with van der Waals surface area (Å²) < 4.78 is 16.7. The second-order valence-corrected chi connectivity index (χ2v) is 17.1. The van der Waals surface area contributed by atoms with Crippen LogP contribution < -0.4 is 0 Å². The zero-order chi connectivity index (χ0) is 42.3. The molecule has 0 aromatic carbocycles. The van der Waals surface area contributed by atoms with Gasteiger partial charge in [-0.3, -0.25) is 14.4 Å². The van der Waals surface area contributed by atoms with E-state index in [4.69, 9.17) is 14.2 Å². The van der Waals surface area contributed by atoms with Gasteiger partial charge in [0.2, 0.25) is 0 Å². The summed E-state index contributed by atoms with van der Waals surface area (Å²) in [6.07, 6.45) is 53.3. The second-order valence-electron chi connectivity index (χ2n) is 17.1. The van der Waals surface area contributed by atoms with Crippen LogP contribution in [0.15, 0.2) is 24.3 Å². The van der Waals surface area contributed by atoms with Crippen molar-refractivity contribution in [2.45, 2.75) is 277 Å². The maximum absolute atomic E-state index is 12.7. The Kier molecular flexibility index (Phi) is 45.8. The molecule has 6 nitrogen and oxygen atoms in total. The Labute approximate surface area is 360 Å². The van der Waals surface area contributed by atoms with Crippen molar-refractivity contribution >= 4 is 17.9 Å². The van der Waals surface area contributed by atoms with Gasteiger partial charge in [-0.1, -0.05) is 225 Å². The minimum absolute atomic E-state index is 0.0687. The molecule has 0 saturated carbocycles. The summed E-state index contributed by atoms with van der Waals surface area (Å²) in [5, 5.41) is 0. The number of carbonyl (C=O) groups excluding carboxylic acids is 3. The van der Waals surface area contributed by atoms with E-state index in [1.54, 1.807) is 0 Å². The highest BCUT2D eigenvalue weighted by atomic mass is 16.6. The molecule has 0 saturated heterocycles. The molecule has 0 fully saturated rings. The van der Waals surface area contributed by atoms with E-state index in [0.717, 1.165) is 64.2 Å². The summed E-state index contributed by atoms with van der Waals surface area (Å²) in [6.45, 7) is 6.58. The van der Waals surface area contributed by atoms with Gasteiger partial charge in [0.15, 0.2) is 6.10 Å². The lowest BCUT2D eigenvalue weighted by atomic mass is 10.0. The van der Waals surface area contributed by atoms with Gasteiger partial charge in [-0.05, 0) is 51.4 Å². The number of rotatable bonds is 46. The van der Waals surface area contributed by atoms with Crippen molar-refractivity contribution in [1.82, 2.24) is 0 Å². The van der Waals surface area contributed by atoms with Crippen molar-refractivity contribution < 1.29 is 28.6 Å². The van der Waals surface area contributed by atoms with Crippen LogP contribution in [0, 0.1) is 0 Å². The van der Waals surface area contributed by atoms with Gasteiger partial charge in [0, 0.05) is 19.3 Å². The summed E-state index contributed by atoms with van der Waals surface area (Å²) in [4.78, 5) is 37.6. The topological polar surface area (TPSA) is 78.9 Å². The molecule has 0 aliphatic heterocycles.